The average molecular weight is 281 g/mol. The lowest BCUT2D eigenvalue weighted by atomic mass is 9.83. The van der Waals surface area contributed by atoms with Crippen LogP contribution < -0.4 is 0 Å². The van der Waals surface area contributed by atoms with Gasteiger partial charge in [-0.05, 0) is 32.2 Å². The molecular formula is C10H20IN. The van der Waals surface area contributed by atoms with Crippen molar-refractivity contribution < 1.29 is 0 Å². The number of nitrogens with zero attached hydrogens (tertiary/aromatic N) is 1. The van der Waals surface area contributed by atoms with Crippen LogP contribution in [0.25, 0.3) is 0 Å². The zero-order chi connectivity index (χ0) is 9.35. The van der Waals surface area contributed by atoms with Gasteiger partial charge in [-0.25, -0.2) is 0 Å². The molecule has 0 bridgehead atoms. The summed E-state index contributed by atoms with van der Waals surface area (Å²) in [6.45, 7) is 11.9. The molecule has 1 nitrogen and oxygen atoms in total. The van der Waals surface area contributed by atoms with Gasteiger partial charge < -0.3 is 4.90 Å². The van der Waals surface area contributed by atoms with Gasteiger partial charge in [0.05, 0.1) is 0 Å². The Morgan fingerprint density at radius 1 is 1.42 bits per heavy atom. The van der Waals surface area contributed by atoms with E-state index in [1.807, 2.05) is 0 Å². The molecule has 72 valence electrons. The third-order valence-electron chi connectivity index (χ3n) is 2.86. The van der Waals surface area contributed by atoms with Gasteiger partial charge in [0.25, 0.3) is 0 Å². The molecule has 0 spiro atoms. The second-order valence-corrected chi connectivity index (χ2v) is 6.31. The maximum Gasteiger partial charge on any atom is 0.0185 e. The van der Waals surface area contributed by atoms with Crippen molar-refractivity contribution in [2.45, 2.75) is 44.1 Å². The van der Waals surface area contributed by atoms with Gasteiger partial charge in [-0.15, -0.1) is 0 Å². The van der Waals surface area contributed by atoms with Gasteiger partial charge in [-0.3, -0.25) is 0 Å². The highest BCUT2D eigenvalue weighted by Crippen LogP contribution is 2.35. The van der Waals surface area contributed by atoms with Gasteiger partial charge >= 0.3 is 0 Å². The SMILES string of the molecule is CC(C)N1CCC(I)C(C)(C)C1. The van der Waals surface area contributed by atoms with Crippen LogP contribution in [0.3, 0.4) is 0 Å². The van der Waals surface area contributed by atoms with Crippen molar-refractivity contribution in [3.8, 4) is 0 Å². The third kappa shape index (κ3) is 2.34. The number of halogens is 1. The number of hydrogen-bond acceptors (Lipinski definition) is 1. The highest BCUT2D eigenvalue weighted by Gasteiger charge is 2.34. The minimum absolute atomic E-state index is 0.503. The Morgan fingerprint density at radius 3 is 2.42 bits per heavy atom. The lowest BCUT2D eigenvalue weighted by Gasteiger charge is -2.43. The Bertz CT molecular complexity index is 154. The fourth-order valence-corrected chi connectivity index (χ4v) is 2.29. The van der Waals surface area contributed by atoms with Crippen LogP contribution in [0.15, 0.2) is 0 Å². The van der Waals surface area contributed by atoms with E-state index in [9.17, 15) is 0 Å². The Labute approximate surface area is 90.0 Å². The molecule has 0 amide bonds. The van der Waals surface area contributed by atoms with E-state index in [0.717, 1.165) is 3.92 Å². The first kappa shape index (κ1) is 10.8. The first-order valence-corrected chi connectivity index (χ1v) is 6.06. The molecule has 0 aliphatic carbocycles. The quantitative estimate of drug-likeness (QED) is 0.527. The summed E-state index contributed by atoms with van der Waals surface area (Å²) in [7, 11) is 0. The largest absolute Gasteiger partial charge is 0.300 e. The van der Waals surface area contributed by atoms with Crippen molar-refractivity contribution in [3.05, 3.63) is 0 Å². The van der Waals surface area contributed by atoms with Crippen molar-refractivity contribution in [1.82, 2.24) is 4.90 Å². The number of piperidine rings is 1. The maximum atomic E-state index is 2.61. The molecule has 0 aromatic carbocycles. The molecule has 12 heavy (non-hydrogen) atoms. The molecule has 1 saturated heterocycles. The van der Waals surface area contributed by atoms with E-state index < -0.39 is 0 Å². The number of hydrogen-bond donors (Lipinski definition) is 0. The predicted molar refractivity (Wildman–Crippen MR) is 62.9 cm³/mol. The summed E-state index contributed by atoms with van der Waals surface area (Å²) in [6, 6.07) is 0.716. The topological polar surface area (TPSA) is 3.24 Å². The molecule has 1 unspecified atom stereocenters. The molecule has 0 saturated carbocycles. The second-order valence-electron chi connectivity index (χ2n) is 4.81. The van der Waals surface area contributed by atoms with Crippen molar-refractivity contribution in [2.24, 2.45) is 5.41 Å². The van der Waals surface area contributed by atoms with Crippen LogP contribution in [0.1, 0.15) is 34.1 Å². The van der Waals surface area contributed by atoms with Crippen LogP contribution in [-0.2, 0) is 0 Å². The van der Waals surface area contributed by atoms with Gasteiger partial charge in [-0.1, -0.05) is 36.4 Å². The highest BCUT2D eigenvalue weighted by molar-refractivity contribution is 14.1. The van der Waals surface area contributed by atoms with Crippen molar-refractivity contribution >= 4 is 22.6 Å². The van der Waals surface area contributed by atoms with Crippen LogP contribution in [0.5, 0.6) is 0 Å². The zero-order valence-electron chi connectivity index (χ0n) is 8.60. The monoisotopic (exact) mass is 281 g/mol. The van der Waals surface area contributed by atoms with Crippen LogP contribution in [0, 0.1) is 5.41 Å². The maximum absolute atomic E-state index is 2.61. The molecule has 0 aromatic heterocycles. The molecular weight excluding hydrogens is 261 g/mol. The van der Waals surface area contributed by atoms with Gasteiger partial charge in [0.2, 0.25) is 0 Å². The van der Waals surface area contributed by atoms with Gasteiger partial charge in [0.1, 0.15) is 0 Å². The standard InChI is InChI=1S/C10H20IN/c1-8(2)12-6-5-9(11)10(3,4)7-12/h8-9H,5-7H2,1-4H3. The number of rotatable bonds is 1. The Balaban J connectivity index is 2.57. The van der Waals surface area contributed by atoms with E-state index in [1.165, 1.54) is 19.5 Å². The molecule has 0 aromatic rings. The Kier molecular flexibility index (Phi) is 3.43. The lowest BCUT2D eigenvalue weighted by Crippen LogP contribution is -2.48. The van der Waals surface area contributed by atoms with Gasteiger partial charge in [0, 0.05) is 16.5 Å². The smallest absolute Gasteiger partial charge is 0.0185 e. The second kappa shape index (κ2) is 3.82. The molecule has 0 radical (unpaired) electrons. The van der Waals surface area contributed by atoms with Crippen LogP contribution >= 0.6 is 22.6 Å². The van der Waals surface area contributed by atoms with Crippen molar-refractivity contribution in [3.63, 3.8) is 0 Å². The summed E-state index contributed by atoms with van der Waals surface area (Å²) >= 11 is 2.61. The molecule has 1 atom stereocenters. The van der Waals surface area contributed by atoms with Crippen molar-refractivity contribution in [1.29, 1.82) is 0 Å². The molecule has 2 heteroatoms. The van der Waals surface area contributed by atoms with Gasteiger partial charge in [0.15, 0.2) is 0 Å². The van der Waals surface area contributed by atoms with E-state index in [1.54, 1.807) is 0 Å². The number of likely N-dealkylation sites (tertiary alicyclic amines) is 1. The fraction of sp³-hybridized carbons (Fsp3) is 1.00. The summed E-state index contributed by atoms with van der Waals surface area (Å²) in [5.41, 5.74) is 0.503. The Hall–Kier alpha value is 0.690. The fourth-order valence-electron chi connectivity index (χ4n) is 1.81. The van der Waals surface area contributed by atoms with Crippen LogP contribution in [0.4, 0.5) is 0 Å². The summed E-state index contributed by atoms with van der Waals surface area (Å²) in [4.78, 5) is 2.59. The minimum atomic E-state index is 0.503. The first-order valence-electron chi connectivity index (χ1n) is 4.81. The highest BCUT2D eigenvalue weighted by atomic mass is 127. The summed E-state index contributed by atoms with van der Waals surface area (Å²) in [5, 5.41) is 0. The third-order valence-corrected chi connectivity index (χ3v) is 5.17. The zero-order valence-corrected chi connectivity index (χ0v) is 10.8. The molecule has 1 heterocycles. The molecule has 1 rings (SSSR count). The molecule has 0 N–H and O–H groups in total. The van der Waals surface area contributed by atoms with E-state index >= 15 is 0 Å². The van der Waals surface area contributed by atoms with Crippen LogP contribution in [-0.4, -0.2) is 28.0 Å². The minimum Gasteiger partial charge on any atom is -0.300 e. The van der Waals surface area contributed by atoms with E-state index in [0.29, 0.717) is 11.5 Å². The Morgan fingerprint density at radius 2 is 2.00 bits per heavy atom. The summed E-state index contributed by atoms with van der Waals surface area (Å²) < 4.78 is 0.852. The number of alkyl halides is 1. The van der Waals surface area contributed by atoms with Gasteiger partial charge in [-0.2, -0.15) is 0 Å². The normalized spacial score (nSPS) is 31.0. The summed E-state index contributed by atoms with van der Waals surface area (Å²) in [6.07, 6.45) is 1.35. The van der Waals surface area contributed by atoms with E-state index in [2.05, 4.69) is 55.2 Å². The summed E-state index contributed by atoms with van der Waals surface area (Å²) in [5.74, 6) is 0. The molecule has 1 aliphatic heterocycles. The van der Waals surface area contributed by atoms with Crippen LogP contribution in [0.2, 0.25) is 0 Å². The predicted octanol–water partition coefficient (Wildman–Crippen LogP) is 2.93. The van der Waals surface area contributed by atoms with E-state index in [4.69, 9.17) is 0 Å². The van der Waals surface area contributed by atoms with E-state index in [-0.39, 0.29) is 0 Å². The lowest BCUT2D eigenvalue weighted by molar-refractivity contribution is 0.102. The average Bonchev–Trinajstić information content (AvgIpc) is 1.94. The van der Waals surface area contributed by atoms with Crippen molar-refractivity contribution in [2.75, 3.05) is 13.1 Å². The molecule has 1 fully saturated rings. The first-order chi connectivity index (χ1) is 5.43. The molecule has 1 aliphatic rings.